The van der Waals surface area contributed by atoms with Gasteiger partial charge >= 0.3 is 5.97 Å². The minimum absolute atomic E-state index is 0.00694. The van der Waals surface area contributed by atoms with E-state index in [9.17, 15) is 4.79 Å². The Hall–Kier alpha value is -1.95. The van der Waals surface area contributed by atoms with Crippen LogP contribution in [0.5, 0.6) is 17.2 Å². The van der Waals surface area contributed by atoms with Crippen LogP contribution in [0.25, 0.3) is 0 Å². The number of methoxy groups -OCH3 is 1. The van der Waals surface area contributed by atoms with Crippen molar-refractivity contribution in [3.8, 4) is 17.2 Å². The third-order valence-corrected chi connectivity index (χ3v) is 3.22. The minimum atomic E-state index is -0.861. The van der Waals surface area contributed by atoms with Gasteiger partial charge in [-0.15, -0.1) is 0 Å². The quantitative estimate of drug-likeness (QED) is 0.825. The average molecular weight is 281 g/mol. The van der Waals surface area contributed by atoms with Crippen LogP contribution < -0.4 is 19.5 Å². The fourth-order valence-electron chi connectivity index (χ4n) is 2.12. The van der Waals surface area contributed by atoms with E-state index in [0.717, 1.165) is 5.56 Å². The third-order valence-electron chi connectivity index (χ3n) is 3.22. The van der Waals surface area contributed by atoms with Gasteiger partial charge in [0.25, 0.3) is 0 Å². The van der Waals surface area contributed by atoms with Crippen molar-refractivity contribution in [3.05, 3.63) is 17.7 Å². The SMILES string of the molecule is COc1cc2c(cc1CN[C@H](C(=O)O)C(C)C)OCO2. The molecule has 1 aliphatic rings. The number of nitrogens with one attached hydrogen (secondary N) is 1. The predicted octanol–water partition coefficient (Wildman–Crippen LogP) is 1.62. The number of hydrogen-bond acceptors (Lipinski definition) is 5. The molecule has 6 nitrogen and oxygen atoms in total. The van der Waals surface area contributed by atoms with Crippen molar-refractivity contribution in [1.29, 1.82) is 0 Å². The highest BCUT2D eigenvalue weighted by Crippen LogP contribution is 2.38. The number of hydrogen-bond donors (Lipinski definition) is 2. The van der Waals surface area contributed by atoms with Crippen LogP contribution in [0.4, 0.5) is 0 Å². The monoisotopic (exact) mass is 281 g/mol. The molecule has 0 saturated carbocycles. The highest BCUT2D eigenvalue weighted by molar-refractivity contribution is 5.73. The van der Waals surface area contributed by atoms with Crippen LogP contribution in [0.15, 0.2) is 12.1 Å². The second-order valence-electron chi connectivity index (χ2n) is 4.96. The number of rotatable bonds is 6. The van der Waals surface area contributed by atoms with Gasteiger partial charge in [-0.1, -0.05) is 13.8 Å². The molecular weight excluding hydrogens is 262 g/mol. The van der Waals surface area contributed by atoms with E-state index in [1.165, 1.54) is 0 Å². The summed E-state index contributed by atoms with van der Waals surface area (Å²) in [6.07, 6.45) is 0. The van der Waals surface area contributed by atoms with E-state index >= 15 is 0 Å². The third kappa shape index (κ3) is 2.96. The zero-order valence-corrected chi connectivity index (χ0v) is 11.8. The van der Waals surface area contributed by atoms with Gasteiger partial charge in [-0.05, 0) is 12.0 Å². The lowest BCUT2D eigenvalue weighted by Crippen LogP contribution is -2.40. The largest absolute Gasteiger partial charge is 0.496 e. The van der Waals surface area contributed by atoms with Crippen LogP contribution >= 0.6 is 0 Å². The van der Waals surface area contributed by atoms with Crippen LogP contribution in [-0.4, -0.2) is 31.0 Å². The minimum Gasteiger partial charge on any atom is -0.496 e. The van der Waals surface area contributed by atoms with Gasteiger partial charge in [0, 0.05) is 18.2 Å². The molecule has 0 amide bonds. The number of carboxylic acid groups (broad SMARTS) is 1. The van der Waals surface area contributed by atoms with Crippen molar-refractivity contribution in [2.24, 2.45) is 5.92 Å². The van der Waals surface area contributed by atoms with Crippen molar-refractivity contribution >= 4 is 5.97 Å². The molecule has 2 N–H and O–H groups in total. The van der Waals surface area contributed by atoms with Crippen LogP contribution in [0.3, 0.4) is 0 Å². The molecule has 0 bridgehead atoms. The lowest BCUT2D eigenvalue weighted by atomic mass is 10.0. The van der Waals surface area contributed by atoms with E-state index in [4.69, 9.17) is 19.3 Å². The molecule has 2 rings (SSSR count). The maximum absolute atomic E-state index is 11.2. The fourth-order valence-corrected chi connectivity index (χ4v) is 2.12. The van der Waals surface area contributed by atoms with E-state index in [1.54, 1.807) is 13.2 Å². The maximum atomic E-state index is 11.2. The second kappa shape index (κ2) is 6.00. The van der Waals surface area contributed by atoms with Crippen LogP contribution in [0.2, 0.25) is 0 Å². The summed E-state index contributed by atoms with van der Waals surface area (Å²) < 4.78 is 15.9. The van der Waals surface area contributed by atoms with Gasteiger partial charge in [-0.3, -0.25) is 10.1 Å². The van der Waals surface area contributed by atoms with E-state index in [2.05, 4.69) is 5.32 Å². The summed E-state index contributed by atoms with van der Waals surface area (Å²) in [5.41, 5.74) is 0.837. The summed E-state index contributed by atoms with van der Waals surface area (Å²) in [5, 5.41) is 12.2. The highest BCUT2D eigenvalue weighted by Gasteiger charge is 2.22. The van der Waals surface area contributed by atoms with E-state index in [-0.39, 0.29) is 12.7 Å². The van der Waals surface area contributed by atoms with Crippen molar-refractivity contribution in [2.45, 2.75) is 26.4 Å². The molecule has 0 spiro atoms. The van der Waals surface area contributed by atoms with Crippen LogP contribution in [0.1, 0.15) is 19.4 Å². The standard InChI is InChI=1S/C14H19NO5/c1-8(2)13(14(16)17)15-6-9-4-11-12(20-7-19-11)5-10(9)18-3/h4-5,8,13,15H,6-7H2,1-3H3,(H,16,17)/t13-/m0/s1. The Morgan fingerprint density at radius 3 is 2.60 bits per heavy atom. The summed E-state index contributed by atoms with van der Waals surface area (Å²) in [5.74, 6) is 1.07. The van der Waals surface area contributed by atoms with Crippen molar-refractivity contribution in [1.82, 2.24) is 5.32 Å². The molecule has 1 aromatic rings. The molecule has 1 aromatic carbocycles. The number of benzene rings is 1. The Kier molecular flexibility index (Phi) is 4.34. The molecule has 0 radical (unpaired) electrons. The predicted molar refractivity (Wildman–Crippen MR) is 72.2 cm³/mol. The van der Waals surface area contributed by atoms with Crippen LogP contribution in [-0.2, 0) is 11.3 Å². The first kappa shape index (κ1) is 14.5. The first-order valence-corrected chi connectivity index (χ1v) is 6.45. The lowest BCUT2D eigenvalue weighted by molar-refractivity contribution is -0.140. The van der Waals surface area contributed by atoms with Crippen molar-refractivity contribution in [3.63, 3.8) is 0 Å². The van der Waals surface area contributed by atoms with E-state index in [1.807, 2.05) is 19.9 Å². The van der Waals surface area contributed by atoms with Gasteiger partial charge in [0.1, 0.15) is 11.8 Å². The van der Waals surface area contributed by atoms with Crippen LogP contribution in [0, 0.1) is 5.92 Å². The Morgan fingerprint density at radius 1 is 1.40 bits per heavy atom. The second-order valence-corrected chi connectivity index (χ2v) is 4.96. The zero-order valence-electron chi connectivity index (χ0n) is 11.8. The number of fused-ring (bicyclic) bond motifs is 1. The fraction of sp³-hybridized carbons (Fsp3) is 0.500. The normalized spacial score (nSPS) is 14.4. The number of ether oxygens (including phenoxy) is 3. The molecule has 1 heterocycles. The van der Waals surface area contributed by atoms with Gasteiger partial charge < -0.3 is 19.3 Å². The Labute approximate surface area is 117 Å². The molecule has 6 heteroatoms. The molecule has 20 heavy (non-hydrogen) atoms. The maximum Gasteiger partial charge on any atom is 0.320 e. The number of carbonyl (C=O) groups is 1. The van der Waals surface area contributed by atoms with Gasteiger partial charge in [-0.25, -0.2) is 0 Å². The van der Waals surface area contributed by atoms with Gasteiger partial charge in [0.05, 0.1) is 7.11 Å². The van der Waals surface area contributed by atoms with E-state index in [0.29, 0.717) is 23.8 Å². The molecule has 1 aliphatic heterocycles. The molecule has 0 saturated heterocycles. The van der Waals surface area contributed by atoms with Crippen molar-refractivity contribution in [2.75, 3.05) is 13.9 Å². The van der Waals surface area contributed by atoms with Crippen molar-refractivity contribution < 1.29 is 24.1 Å². The topological polar surface area (TPSA) is 77.0 Å². The number of carboxylic acids is 1. The highest BCUT2D eigenvalue weighted by atomic mass is 16.7. The Bertz CT molecular complexity index is 501. The Balaban J connectivity index is 2.14. The zero-order chi connectivity index (χ0) is 14.7. The first-order chi connectivity index (χ1) is 9.52. The molecule has 0 fully saturated rings. The van der Waals surface area contributed by atoms with E-state index < -0.39 is 12.0 Å². The smallest absolute Gasteiger partial charge is 0.320 e. The average Bonchev–Trinajstić information content (AvgIpc) is 2.84. The molecule has 1 atom stereocenters. The number of aliphatic carboxylic acids is 1. The molecule has 0 unspecified atom stereocenters. The summed E-state index contributed by atoms with van der Waals surface area (Å²) in [6.45, 7) is 4.30. The molecule has 0 aromatic heterocycles. The molecule has 110 valence electrons. The summed E-state index contributed by atoms with van der Waals surface area (Å²) >= 11 is 0. The Morgan fingerprint density at radius 2 is 2.05 bits per heavy atom. The molecular formula is C14H19NO5. The van der Waals surface area contributed by atoms with Gasteiger partial charge in [-0.2, -0.15) is 0 Å². The first-order valence-electron chi connectivity index (χ1n) is 6.45. The van der Waals surface area contributed by atoms with Gasteiger partial charge in [0.2, 0.25) is 6.79 Å². The van der Waals surface area contributed by atoms with Gasteiger partial charge in [0.15, 0.2) is 11.5 Å². The summed E-state index contributed by atoms with van der Waals surface area (Å²) in [7, 11) is 1.57. The molecule has 0 aliphatic carbocycles. The summed E-state index contributed by atoms with van der Waals surface area (Å²) in [4.78, 5) is 11.2. The lowest BCUT2D eigenvalue weighted by Gasteiger charge is -2.19. The summed E-state index contributed by atoms with van der Waals surface area (Å²) in [6, 6.07) is 2.96.